The van der Waals surface area contributed by atoms with Gasteiger partial charge < -0.3 is 15.1 Å². The molecule has 0 spiro atoms. The zero-order valence-electron chi connectivity index (χ0n) is 10.2. The van der Waals surface area contributed by atoms with Crippen LogP contribution in [0.1, 0.15) is 12.6 Å². The van der Waals surface area contributed by atoms with E-state index in [4.69, 9.17) is 0 Å². The number of anilines is 1. The number of thiazole rings is 1. The number of hydrogen-bond acceptors (Lipinski definition) is 5. The number of nitrogens with one attached hydrogen (secondary N) is 1. The number of rotatable bonds is 3. The third-order valence-electron chi connectivity index (χ3n) is 2.97. The summed E-state index contributed by atoms with van der Waals surface area (Å²) < 4.78 is 0. The van der Waals surface area contributed by atoms with Crippen molar-refractivity contribution in [1.29, 1.82) is 0 Å². The molecule has 1 aromatic rings. The molecule has 1 N–H and O–H groups in total. The van der Waals surface area contributed by atoms with Crippen molar-refractivity contribution >= 4 is 16.5 Å². The highest BCUT2D eigenvalue weighted by Gasteiger charge is 2.23. The molecule has 2 rings (SSSR count). The summed E-state index contributed by atoms with van der Waals surface area (Å²) >= 11 is 1.76. The van der Waals surface area contributed by atoms with E-state index < -0.39 is 0 Å². The van der Waals surface area contributed by atoms with Gasteiger partial charge in [0.15, 0.2) is 5.13 Å². The average molecular weight is 240 g/mol. The van der Waals surface area contributed by atoms with Crippen molar-refractivity contribution in [2.75, 3.05) is 38.6 Å². The van der Waals surface area contributed by atoms with E-state index in [9.17, 15) is 0 Å². The molecule has 2 heterocycles. The minimum Gasteiger partial charge on any atom is -0.343 e. The van der Waals surface area contributed by atoms with E-state index in [0.29, 0.717) is 6.04 Å². The topological polar surface area (TPSA) is 31.4 Å². The summed E-state index contributed by atoms with van der Waals surface area (Å²) in [5, 5.41) is 6.46. The van der Waals surface area contributed by atoms with Gasteiger partial charge in [-0.25, -0.2) is 4.98 Å². The van der Waals surface area contributed by atoms with Crippen LogP contribution in [-0.4, -0.2) is 49.7 Å². The molecule has 1 aliphatic heterocycles. The van der Waals surface area contributed by atoms with Crippen LogP contribution in [0.4, 0.5) is 5.13 Å². The van der Waals surface area contributed by atoms with Gasteiger partial charge in [0, 0.05) is 37.6 Å². The van der Waals surface area contributed by atoms with Crippen molar-refractivity contribution in [2.24, 2.45) is 0 Å². The first kappa shape index (κ1) is 11.8. The van der Waals surface area contributed by atoms with Gasteiger partial charge in [0.25, 0.3) is 0 Å². The number of hydrogen-bond donors (Lipinski definition) is 1. The zero-order chi connectivity index (χ0) is 11.5. The van der Waals surface area contributed by atoms with Gasteiger partial charge in [0.2, 0.25) is 0 Å². The van der Waals surface area contributed by atoms with Crippen LogP contribution in [0.25, 0.3) is 0 Å². The number of piperazine rings is 1. The van der Waals surface area contributed by atoms with Gasteiger partial charge in [-0.2, -0.15) is 0 Å². The normalized spacial score (nSPS) is 22.7. The van der Waals surface area contributed by atoms with Crippen LogP contribution in [-0.2, 0) is 6.54 Å². The van der Waals surface area contributed by atoms with Crippen molar-refractivity contribution in [2.45, 2.75) is 19.5 Å². The van der Waals surface area contributed by atoms with Crippen LogP contribution in [0.3, 0.4) is 0 Å². The van der Waals surface area contributed by atoms with E-state index in [2.05, 4.69) is 39.5 Å². The van der Waals surface area contributed by atoms with E-state index in [0.717, 1.165) is 31.9 Å². The first-order valence-corrected chi connectivity index (χ1v) is 6.63. The lowest BCUT2D eigenvalue weighted by atomic mass is 10.2. The van der Waals surface area contributed by atoms with Gasteiger partial charge in [0.05, 0.1) is 5.69 Å². The van der Waals surface area contributed by atoms with Crippen molar-refractivity contribution < 1.29 is 0 Å². The van der Waals surface area contributed by atoms with Crippen molar-refractivity contribution in [3.63, 3.8) is 0 Å². The zero-order valence-corrected chi connectivity index (χ0v) is 11.0. The van der Waals surface area contributed by atoms with Crippen molar-refractivity contribution in [1.82, 2.24) is 15.2 Å². The highest BCUT2D eigenvalue weighted by molar-refractivity contribution is 7.13. The van der Waals surface area contributed by atoms with Crippen LogP contribution in [0, 0.1) is 0 Å². The standard InChI is InChI=1S/C11H20N4S/c1-9-7-14(3)4-5-15(9)11-13-10(6-12-2)8-16-11/h8-9,12H,4-7H2,1-3H3. The molecular weight excluding hydrogens is 220 g/mol. The van der Waals surface area contributed by atoms with Gasteiger partial charge >= 0.3 is 0 Å². The molecule has 4 nitrogen and oxygen atoms in total. The molecule has 1 fully saturated rings. The summed E-state index contributed by atoms with van der Waals surface area (Å²) in [4.78, 5) is 9.46. The molecule has 1 unspecified atom stereocenters. The number of likely N-dealkylation sites (N-methyl/N-ethyl adjacent to an activating group) is 1. The van der Waals surface area contributed by atoms with Crippen LogP contribution >= 0.6 is 11.3 Å². The Balaban J connectivity index is 2.05. The third-order valence-corrected chi connectivity index (χ3v) is 3.90. The van der Waals surface area contributed by atoms with E-state index in [1.807, 2.05) is 7.05 Å². The fourth-order valence-corrected chi connectivity index (χ4v) is 3.07. The predicted octanol–water partition coefficient (Wildman–Crippen LogP) is 1.00. The van der Waals surface area contributed by atoms with E-state index in [1.54, 1.807) is 11.3 Å². The molecule has 0 bridgehead atoms. The molecule has 0 saturated carbocycles. The van der Waals surface area contributed by atoms with Crippen LogP contribution in [0.15, 0.2) is 5.38 Å². The van der Waals surface area contributed by atoms with Crippen LogP contribution in [0.2, 0.25) is 0 Å². The molecule has 1 aromatic heterocycles. The Bertz CT molecular complexity index is 338. The van der Waals surface area contributed by atoms with Gasteiger partial charge in [-0.05, 0) is 21.0 Å². The highest BCUT2D eigenvalue weighted by Crippen LogP contribution is 2.24. The summed E-state index contributed by atoms with van der Waals surface area (Å²) in [5.74, 6) is 0. The van der Waals surface area contributed by atoms with Crippen LogP contribution in [0.5, 0.6) is 0 Å². The molecule has 1 saturated heterocycles. The molecule has 1 aliphatic rings. The molecule has 5 heteroatoms. The summed E-state index contributed by atoms with van der Waals surface area (Å²) in [6.45, 7) is 6.48. The Morgan fingerprint density at radius 1 is 1.56 bits per heavy atom. The van der Waals surface area contributed by atoms with Gasteiger partial charge in [-0.3, -0.25) is 0 Å². The molecular formula is C11H20N4S. The third kappa shape index (κ3) is 2.53. The maximum absolute atomic E-state index is 4.66. The summed E-state index contributed by atoms with van der Waals surface area (Å²) in [6.07, 6.45) is 0. The second-order valence-corrected chi connectivity index (χ2v) is 5.29. The second kappa shape index (κ2) is 5.12. The van der Waals surface area contributed by atoms with Gasteiger partial charge in [-0.15, -0.1) is 11.3 Å². The largest absolute Gasteiger partial charge is 0.343 e. The monoisotopic (exact) mass is 240 g/mol. The first-order valence-electron chi connectivity index (χ1n) is 5.75. The Morgan fingerprint density at radius 3 is 3.06 bits per heavy atom. The minimum absolute atomic E-state index is 0.562. The minimum atomic E-state index is 0.562. The van der Waals surface area contributed by atoms with Gasteiger partial charge in [0.1, 0.15) is 0 Å². The molecule has 16 heavy (non-hydrogen) atoms. The average Bonchev–Trinajstić information content (AvgIpc) is 2.67. The van der Waals surface area contributed by atoms with Crippen LogP contribution < -0.4 is 10.2 Å². The maximum atomic E-state index is 4.66. The summed E-state index contributed by atoms with van der Waals surface area (Å²) in [7, 11) is 4.14. The quantitative estimate of drug-likeness (QED) is 0.854. The second-order valence-electron chi connectivity index (χ2n) is 4.46. The van der Waals surface area contributed by atoms with Gasteiger partial charge in [-0.1, -0.05) is 0 Å². The summed E-state index contributed by atoms with van der Waals surface area (Å²) in [5.41, 5.74) is 1.15. The molecule has 90 valence electrons. The number of aromatic nitrogens is 1. The molecule has 0 aliphatic carbocycles. The Labute approximate surface area is 101 Å². The fraction of sp³-hybridized carbons (Fsp3) is 0.727. The van der Waals surface area contributed by atoms with Crippen molar-refractivity contribution in [3.8, 4) is 0 Å². The van der Waals surface area contributed by atoms with E-state index in [-0.39, 0.29) is 0 Å². The molecule has 0 amide bonds. The highest BCUT2D eigenvalue weighted by atomic mass is 32.1. The maximum Gasteiger partial charge on any atom is 0.185 e. The van der Waals surface area contributed by atoms with Crippen molar-refractivity contribution in [3.05, 3.63) is 11.1 Å². The Morgan fingerprint density at radius 2 is 2.38 bits per heavy atom. The van der Waals surface area contributed by atoms with E-state index in [1.165, 1.54) is 5.13 Å². The molecule has 0 radical (unpaired) electrons. The lowest BCUT2D eigenvalue weighted by Gasteiger charge is -2.38. The SMILES string of the molecule is CNCc1csc(N2CCN(C)CC2C)n1. The lowest BCUT2D eigenvalue weighted by molar-refractivity contribution is 0.275. The first-order chi connectivity index (χ1) is 7.70. The smallest absolute Gasteiger partial charge is 0.185 e. The fourth-order valence-electron chi connectivity index (χ4n) is 2.11. The molecule has 0 aromatic carbocycles. The predicted molar refractivity (Wildman–Crippen MR) is 69.2 cm³/mol. The Hall–Kier alpha value is -0.650. The lowest BCUT2D eigenvalue weighted by Crippen LogP contribution is -2.50. The molecule has 1 atom stereocenters. The number of nitrogens with zero attached hydrogens (tertiary/aromatic N) is 3. The summed E-state index contributed by atoms with van der Waals surface area (Å²) in [6, 6.07) is 0.562. The Kier molecular flexibility index (Phi) is 3.78. The van der Waals surface area contributed by atoms with E-state index >= 15 is 0 Å².